The van der Waals surface area contributed by atoms with Crippen LogP contribution < -0.4 is 5.73 Å². The van der Waals surface area contributed by atoms with Gasteiger partial charge in [0.2, 0.25) is 0 Å². The fourth-order valence-corrected chi connectivity index (χ4v) is 1.29. The molecule has 1 aromatic carbocycles. The van der Waals surface area contributed by atoms with Crippen LogP contribution in [0.15, 0.2) is 30.9 Å². The van der Waals surface area contributed by atoms with Crippen molar-refractivity contribution in [3.8, 4) is 0 Å². The molecule has 0 saturated carbocycles. The van der Waals surface area contributed by atoms with Gasteiger partial charge < -0.3 is 5.73 Å². The lowest BCUT2D eigenvalue weighted by atomic mass is 10.0. The van der Waals surface area contributed by atoms with Gasteiger partial charge in [-0.2, -0.15) is 0 Å². The van der Waals surface area contributed by atoms with Crippen LogP contribution >= 0.6 is 11.6 Å². The minimum absolute atomic E-state index is 0.122. The highest BCUT2D eigenvalue weighted by molar-refractivity contribution is 6.31. The average Bonchev–Trinajstić information content (AvgIpc) is 2.08. The van der Waals surface area contributed by atoms with Gasteiger partial charge in [-0.25, -0.2) is 0 Å². The Morgan fingerprint density at radius 1 is 1.58 bits per heavy atom. The summed E-state index contributed by atoms with van der Waals surface area (Å²) in [5.41, 5.74) is 7.86. The molecule has 12 heavy (non-hydrogen) atoms. The molecule has 0 heterocycles. The topological polar surface area (TPSA) is 26.0 Å². The Hall–Kier alpha value is -0.790. The number of hydrogen-bond acceptors (Lipinski definition) is 1. The normalized spacial score (nSPS) is 12.6. The molecule has 0 spiro atoms. The van der Waals surface area contributed by atoms with Crippen molar-refractivity contribution in [1.29, 1.82) is 0 Å². The highest BCUT2D eigenvalue weighted by atomic mass is 35.5. The molecule has 2 N–H and O–H groups in total. The van der Waals surface area contributed by atoms with Crippen molar-refractivity contribution in [2.75, 3.05) is 0 Å². The largest absolute Gasteiger partial charge is 0.321 e. The van der Waals surface area contributed by atoms with Crippen molar-refractivity contribution in [3.05, 3.63) is 47.0 Å². The second-order valence-electron chi connectivity index (χ2n) is 2.72. The summed E-state index contributed by atoms with van der Waals surface area (Å²) in [6.45, 7) is 5.60. The first-order valence-electron chi connectivity index (χ1n) is 3.80. The average molecular weight is 182 g/mol. The van der Waals surface area contributed by atoms with E-state index in [4.69, 9.17) is 17.3 Å². The van der Waals surface area contributed by atoms with Gasteiger partial charge in [-0.3, -0.25) is 0 Å². The monoisotopic (exact) mass is 181 g/mol. The summed E-state index contributed by atoms with van der Waals surface area (Å²) in [6.07, 6.45) is 1.71. The molecule has 1 unspecified atom stereocenters. The molecule has 1 aromatic rings. The van der Waals surface area contributed by atoms with Crippen molar-refractivity contribution in [2.45, 2.75) is 13.0 Å². The lowest BCUT2D eigenvalue weighted by molar-refractivity contribution is 0.902. The number of nitrogens with two attached hydrogens (primary N) is 1. The van der Waals surface area contributed by atoms with Crippen LogP contribution in [-0.2, 0) is 0 Å². The molecule has 0 aliphatic heterocycles. The van der Waals surface area contributed by atoms with E-state index >= 15 is 0 Å². The zero-order chi connectivity index (χ0) is 9.14. The second-order valence-corrected chi connectivity index (χ2v) is 3.12. The second kappa shape index (κ2) is 3.74. The van der Waals surface area contributed by atoms with E-state index in [1.54, 1.807) is 6.08 Å². The lowest BCUT2D eigenvalue weighted by Gasteiger charge is -2.10. The Labute approximate surface area is 77.8 Å². The van der Waals surface area contributed by atoms with E-state index in [0.717, 1.165) is 16.1 Å². The zero-order valence-electron chi connectivity index (χ0n) is 7.05. The molecule has 1 rings (SSSR count). The smallest absolute Gasteiger partial charge is 0.0481 e. The van der Waals surface area contributed by atoms with Crippen LogP contribution in [0.1, 0.15) is 17.2 Å². The molecule has 1 atom stereocenters. The highest BCUT2D eigenvalue weighted by Crippen LogP contribution is 2.23. The molecule has 0 aromatic heterocycles. The summed E-state index contributed by atoms with van der Waals surface area (Å²) in [5, 5.41) is 0.754. The van der Waals surface area contributed by atoms with Gasteiger partial charge in [-0.15, -0.1) is 6.58 Å². The van der Waals surface area contributed by atoms with E-state index < -0.39 is 0 Å². The summed E-state index contributed by atoms with van der Waals surface area (Å²) in [6, 6.07) is 5.60. The first-order chi connectivity index (χ1) is 5.66. The van der Waals surface area contributed by atoms with Crippen molar-refractivity contribution < 1.29 is 0 Å². The van der Waals surface area contributed by atoms with Gasteiger partial charge in [-0.05, 0) is 24.1 Å². The number of halogens is 1. The molecule has 0 radical (unpaired) electrons. The van der Waals surface area contributed by atoms with E-state index in [0.29, 0.717) is 0 Å². The summed E-state index contributed by atoms with van der Waals surface area (Å²) in [7, 11) is 0. The maximum absolute atomic E-state index is 5.93. The summed E-state index contributed by atoms with van der Waals surface area (Å²) < 4.78 is 0. The lowest BCUT2D eigenvalue weighted by Crippen LogP contribution is -2.08. The van der Waals surface area contributed by atoms with E-state index in [1.807, 2.05) is 25.1 Å². The maximum atomic E-state index is 5.93. The molecular formula is C10H12ClN. The summed E-state index contributed by atoms with van der Waals surface area (Å²) >= 11 is 5.93. The van der Waals surface area contributed by atoms with Crippen LogP contribution in [0.5, 0.6) is 0 Å². The Morgan fingerprint density at radius 3 is 2.83 bits per heavy atom. The number of benzene rings is 1. The van der Waals surface area contributed by atoms with Crippen LogP contribution in [0.25, 0.3) is 0 Å². The van der Waals surface area contributed by atoms with Crippen molar-refractivity contribution in [1.82, 2.24) is 0 Å². The van der Waals surface area contributed by atoms with Gasteiger partial charge in [-0.1, -0.05) is 29.8 Å². The third-order valence-corrected chi connectivity index (χ3v) is 2.33. The Balaban J connectivity index is 3.15. The number of rotatable bonds is 2. The fourth-order valence-electron chi connectivity index (χ4n) is 1.11. The minimum atomic E-state index is -0.122. The maximum Gasteiger partial charge on any atom is 0.0481 e. The highest BCUT2D eigenvalue weighted by Gasteiger charge is 2.06. The predicted molar refractivity (Wildman–Crippen MR) is 53.3 cm³/mol. The van der Waals surface area contributed by atoms with Gasteiger partial charge in [0.15, 0.2) is 0 Å². The van der Waals surface area contributed by atoms with Crippen molar-refractivity contribution in [2.24, 2.45) is 5.73 Å². The van der Waals surface area contributed by atoms with Gasteiger partial charge in [0, 0.05) is 11.1 Å². The molecule has 1 nitrogen and oxygen atoms in total. The third-order valence-electron chi connectivity index (χ3n) is 1.92. The molecule has 2 heteroatoms. The SMILES string of the molecule is C=CC(N)c1cccc(Cl)c1C. The molecule has 0 aliphatic carbocycles. The molecule has 0 amide bonds. The Bertz CT molecular complexity index is 294. The minimum Gasteiger partial charge on any atom is -0.321 e. The molecular weight excluding hydrogens is 170 g/mol. The van der Waals surface area contributed by atoms with Crippen LogP contribution in [0.3, 0.4) is 0 Å². The third kappa shape index (κ3) is 1.68. The predicted octanol–water partition coefficient (Wildman–Crippen LogP) is 2.83. The van der Waals surface area contributed by atoms with Crippen LogP contribution in [0, 0.1) is 6.92 Å². The van der Waals surface area contributed by atoms with Gasteiger partial charge >= 0.3 is 0 Å². The fraction of sp³-hybridized carbons (Fsp3) is 0.200. The summed E-state index contributed by atoms with van der Waals surface area (Å²) in [5.74, 6) is 0. The van der Waals surface area contributed by atoms with Crippen molar-refractivity contribution in [3.63, 3.8) is 0 Å². The quantitative estimate of drug-likeness (QED) is 0.698. The molecule has 0 bridgehead atoms. The van der Waals surface area contributed by atoms with E-state index in [2.05, 4.69) is 6.58 Å². The van der Waals surface area contributed by atoms with Crippen LogP contribution in [0.4, 0.5) is 0 Å². The molecule has 0 aliphatic rings. The van der Waals surface area contributed by atoms with Crippen LogP contribution in [0.2, 0.25) is 5.02 Å². The first kappa shape index (κ1) is 9.30. The van der Waals surface area contributed by atoms with Crippen LogP contribution in [-0.4, -0.2) is 0 Å². The zero-order valence-corrected chi connectivity index (χ0v) is 7.81. The first-order valence-corrected chi connectivity index (χ1v) is 4.17. The molecule has 0 fully saturated rings. The summed E-state index contributed by atoms with van der Waals surface area (Å²) in [4.78, 5) is 0. The van der Waals surface area contributed by atoms with Gasteiger partial charge in [0.05, 0.1) is 0 Å². The molecule has 64 valence electrons. The van der Waals surface area contributed by atoms with E-state index in [-0.39, 0.29) is 6.04 Å². The van der Waals surface area contributed by atoms with Gasteiger partial charge in [0.1, 0.15) is 0 Å². The number of hydrogen-bond donors (Lipinski definition) is 1. The van der Waals surface area contributed by atoms with Gasteiger partial charge in [0.25, 0.3) is 0 Å². The standard InChI is InChI=1S/C10H12ClN/c1-3-10(12)8-5-4-6-9(11)7(8)2/h3-6,10H,1,12H2,2H3. The van der Waals surface area contributed by atoms with E-state index in [9.17, 15) is 0 Å². The Morgan fingerprint density at radius 2 is 2.25 bits per heavy atom. The van der Waals surface area contributed by atoms with E-state index in [1.165, 1.54) is 0 Å². The molecule has 0 saturated heterocycles. The van der Waals surface area contributed by atoms with Crippen molar-refractivity contribution >= 4 is 11.6 Å². The Kier molecular flexibility index (Phi) is 2.90.